The minimum Gasteiger partial charge on any atom is -0.480 e. The van der Waals surface area contributed by atoms with Crippen LogP contribution in [0.3, 0.4) is 0 Å². The van der Waals surface area contributed by atoms with Crippen molar-refractivity contribution in [1.29, 1.82) is 0 Å². The Morgan fingerprint density at radius 1 is 1.00 bits per heavy atom. The first-order chi connectivity index (χ1) is 13.8. The molecule has 0 aliphatic heterocycles. The quantitative estimate of drug-likeness (QED) is 0.374. The van der Waals surface area contributed by atoms with E-state index in [1.165, 1.54) is 32.1 Å². The second kappa shape index (κ2) is 9.84. The van der Waals surface area contributed by atoms with E-state index in [-0.39, 0.29) is 5.70 Å². The zero-order valence-corrected chi connectivity index (χ0v) is 15.8. The SMILES string of the molecule is CC(=O)Oc1ccc(/C=C(/NC(=O)c2ccccc2)C(=O)N[C@H](C)C(=O)O)cc1. The van der Waals surface area contributed by atoms with Gasteiger partial charge in [0.2, 0.25) is 0 Å². The molecule has 150 valence electrons. The number of hydrogen-bond acceptors (Lipinski definition) is 5. The van der Waals surface area contributed by atoms with Crippen LogP contribution in [0, 0.1) is 0 Å². The number of benzene rings is 2. The molecule has 0 aliphatic rings. The van der Waals surface area contributed by atoms with Gasteiger partial charge in [-0.15, -0.1) is 0 Å². The fourth-order valence-corrected chi connectivity index (χ4v) is 2.24. The summed E-state index contributed by atoms with van der Waals surface area (Å²) in [5.41, 5.74) is 0.734. The normalized spacial score (nSPS) is 11.9. The molecule has 0 aliphatic carbocycles. The molecular weight excluding hydrogens is 376 g/mol. The highest BCUT2D eigenvalue weighted by molar-refractivity contribution is 6.06. The maximum absolute atomic E-state index is 12.5. The first-order valence-electron chi connectivity index (χ1n) is 8.66. The van der Waals surface area contributed by atoms with Gasteiger partial charge in [0.25, 0.3) is 11.8 Å². The molecule has 3 N–H and O–H groups in total. The summed E-state index contributed by atoms with van der Waals surface area (Å²) in [5, 5.41) is 13.8. The van der Waals surface area contributed by atoms with E-state index in [2.05, 4.69) is 10.6 Å². The Bertz CT molecular complexity index is 935. The van der Waals surface area contributed by atoms with Gasteiger partial charge in [0.15, 0.2) is 0 Å². The predicted octanol–water partition coefficient (Wildman–Crippen LogP) is 1.97. The molecule has 0 fully saturated rings. The van der Waals surface area contributed by atoms with Crippen LogP contribution in [0.25, 0.3) is 6.08 Å². The van der Waals surface area contributed by atoms with Crippen LogP contribution in [0.15, 0.2) is 60.3 Å². The molecule has 2 aromatic rings. The number of carbonyl (C=O) groups excluding carboxylic acids is 3. The smallest absolute Gasteiger partial charge is 0.325 e. The number of hydrogen-bond donors (Lipinski definition) is 3. The lowest BCUT2D eigenvalue weighted by atomic mass is 10.1. The minimum absolute atomic E-state index is 0.132. The van der Waals surface area contributed by atoms with Crippen LogP contribution in [0.2, 0.25) is 0 Å². The van der Waals surface area contributed by atoms with E-state index in [0.717, 1.165) is 0 Å². The molecule has 1 atom stereocenters. The third-order valence-corrected chi connectivity index (χ3v) is 3.70. The lowest BCUT2D eigenvalue weighted by molar-refractivity contribution is -0.140. The second-order valence-corrected chi connectivity index (χ2v) is 6.07. The molecule has 8 heteroatoms. The largest absolute Gasteiger partial charge is 0.480 e. The predicted molar refractivity (Wildman–Crippen MR) is 105 cm³/mol. The maximum atomic E-state index is 12.5. The number of ether oxygens (including phenoxy) is 1. The van der Waals surface area contributed by atoms with Crippen LogP contribution < -0.4 is 15.4 Å². The Labute approximate surface area is 167 Å². The highest BCUT2D eigenvalue weighted by Gasteiger charge is 2.19. The molecule has 0 heterocycles. The Balaban J connectivity index is 2.28. The van der Waals surface area contributed by atoms with Gasteiger partial charge < -0.3 is 20.5 Å². The molecular formula is C21H20N2O6. The average Bonchev–Trinajstić information content (AvgIpc) is 2.68. The van der Waals surface area contributed by atoms with Crippen LogP contribution in [0.4, 0.5) is 0 Å². The summed E-state index contributed by atoms with van der Waals surface area (Å²) in [5.74, 6) is -2.63. The first kappa shape index (κ1) is 21.4. The Morgan fingerprint density at radius 2 is 1.62 bits per heavy atom. The van der Waals surface area contributed by atoms with Crippen LogP contribution >= 0.6 is 0 Å². The number of aliphatic carboxylic acids is 1. The summed E-state index contributed by atoms with van der Waals surface area (Å²) in [6, 6.07) is 13.4. The van der Waals surface area contributed by atoms with Crippen molar-refractivity contribution in [3.8, 4) is 5.75 Å². The van der Waals surface area contributed by atoms with Gasteiger partial charge in [-0.25, -0.2) is 0 Å². The van der Waals surface area contributed by atoms with Crippen LogP contribution in [-0.2, 0) is 14.4 Å². The van der Waals surface area contributed by atoms with Gasteiger partial charge in [0.1, 0.15) is 17.5 Å². The Hall–Kier alpha value is -3.94. The van der Waals surface area contributed by atoms with E-state index < -0.39 is 29.8 Å². The highest BCUT2D eigenvalue weighted by atomic mass is 16.5. The van der Waals surface area contributed by atoms with Gasteiger partial charge in [-0.2, -0.15) is 0 Å². The molecule has 0 saturated heterocycles. The number of carbonyl (C=O) groups is 4. The summed E-state index contributed by atoms with van der Waals surface area (Å²) in [6.45, 7) is 2.59. The van der Waals surface area contributed by atoms with Crippen molar-refractivity contribution in [2.24, 2.45) is 0 Å². The molecule has 0 aromatic heterocycles. The summed E-state index contributed by atoms with van der Waals surface area (Å²) < 4.78 is 4.95. The molecule has 2 amide bonds. The van der Waals surface area contributed by atoms with Crippen LogP contribution in [-0.4, -0.2) is 34.9 Å². The van der Waals surface area contributed by atoms with Crippen molar-refractivity contribution >= 4 is 29.8 Å². The molecule has 8 nitrogen and oxygen atoms in total. The van der Waals surface area contributed by atoms with E-state index >= 15 is 0 Å². The number of esters is 1. The molecule has 2 aromatic carbocycles. The Morgan fingerprint density at radius 3 is 2.17 bits per heavy atom. The topological polar surface area (TPSA) is 122 Å². The van der Waals surface area contributed by atoms with Gasteiger partial charge in [0.05, 0.1) is 0 Å². The molecule has 2 rings (SSSR count). The molecule has 0 radical (unpaired) electrons. The van der Waals surface area contributed by atoms with E-state index in [1.807, 2.05) is 0 Å². The number of rotatable bonds is 7. The van der Waals surface area contributed by atoms with E-state index in [0.29, 0.717) is 16.9 Å². The van der Waals surface area contributed by atoms with Crippen LogP contribution in [0.1, 0.15) is 29.8 Å². The zero-order valence-electron chi connectivity index (χ0n) is 15.8. The van der Waals surface area contributed by atoms with E-state index in [1.54, 1.807) is 42.5 Å². The van der Waals surface area contributed by atoms with Crippen molar-refractivity contribution in [3.63, 3.8) is 0 Å². The molecule has 0 unspecified atom stereocenters. The molecule has 0 bridgehead atoms. The third-order valence-electron chi connectivity index (χ3n) is 3.70. The van der Waals surface area contributed by atoms with Gasteiger partial charge in [-0.3, -0.25) is 19.2 Å². The fraction of sp³-hybridized carbons (Fsp3) is 0.143. The maximum Gasteiger partial charge on any atom is 0.325 e. The van der Waals surface area contributed by atoms with Gasteiger partial charge in [-0.05, 0) is 42.8 Å². The molecule has 0 spiro atoms. The van der Waals surface area contributed by atoms with E-state index in [4.69, 9.17) is 9.84 Å². The Kier molecular flexibility index (Phi) is 7.25. The fourth-order valence-electron chi connectivity index (χ4n) is 2.24. The summed E-state index contributed by atoms with van der Waals surface area (Å²) in [6.07, 6.45) is 1.39. The van der Waals surface area contributed by atoms with Gasteiger partial charge >= 0.3 is 11.9 Å². The monoisotopic (exact) mass is 396 g/mol. The van der Waals surface area contributed by atoms with E-state index in [9.17, 15) is 19.2 Å². The minimum atomic E-state index is -1.21. The average molecular weight is 396 g/mol. The zero-order chi connectivity index (χ0) is 21.4. The third kappa shape index (κ3) is 6.62. The number of amides is 2. The number of carboxylic acid groups (broad SMARTS) is 1. The lowest BCUT2D eigenvalue weighted by Crippen LogP contribution is -2.42. The van der Waals surface area contributed by atoms with Crippen molar-refractivity contribution in [2.45, 2.75) is 19.9 Å². The van der Waals surface area contributed by atoms with Crippen molar-refractivity contribution in [1.82, 2.24) is 10.6 Å². The standard InChI is InChI=1S/C21H20N2O6/c1-13(21(27)28)22-20(26)18(23-19(25)16-6-4-3-5-7-16)12-15-8-10-17(11-9-15)29-14(2)24/h3-13H,1-2H3,(H,22,26)(H,23,25)(H,27,28)/b18-12+/t13-/m1/s1. The van der Waals surface area contributed by atoms with Crippen LogP contribution in [0.5, 0.6) is 5.75 Å². The van der Waals surface area contributed by atoms with Gasteiger partial charge in [0, 0.05) is 12.5 Å². The number of carboxylic acids is 1. The summed E-state index contributed by atoms with van der Waals surface area (Å²) in [7, 11) is 0. The first-order valence-corrected chi connectivity index (χ1v) is 8.66. The van der Waals surface area contributed by atoms with Crippen molar-refractivity contribution < 1.29 is 29.0 Å². The molecule has 0 saturated carbocycles. The van der Waals surface area contributed by atoms with Gasteiger partial charge in [-0.1, -0.05) is 30.3 Å². The summed E-state index contributed by atoms with van der Waals surface area (Å²) >= 11 is 0. The second-order valence-electron chi connectivity index (χ2n) is 6.07. The van der Waals surface area contributed by atoms with Crippen molar-refractivity contribution in [3.05, 3.63) is 71.4 Å². The molecule has 29 heavy (non-hydrogen) atoms. The highest BCUT2D eigenvalue weighted by Crippen LogP contribution is 2.15. The van der Waals surface area contributed by atoms with Crippen molar-refractivity contribution in [2.75, 3.05) is 0 Å². The lowest BCUT2D eigenvalue weighted by Gasteiger charge is -2.13. The summed E-state index contributed by atoms with van der Waals surface area (Å²) in [4.78, 5) is 47.0. The number of nitrogens with one attached hydrogen (secondary N) is 2.